The highest BCUT2D eigenvalue weighted by atomic mass is 16.6. The van der Waals surface area contributed by atoms with Crippen molar-refractivity contribution in [2.75, 3.05) is 13.2 Å². The first kappa shape index (κ1) is 60.6. The molecule has 64 heavy (non-hydrogen) atoms. The Morgan fingerprint density at radius 2 is 0.641 bits per heavy atom. The second kappa shape index (κ2) is 52.2. The first-order chi connectivity index (χ1) is 31.5. The molecule has 0 bridgehead atoms. The largest absolute Gasteiger partial charge is 0.462 e. The smallest absolute Gasteiger partial charge is 0.306 e. The summed E-state index contributed by atoms with van der Waals surface area (Å²) < 4.78 is 16.7. The summed E-state index contributed by atoms with van der Waals surface area (Å²) in [4.78, 5) is 37.9. The standard InChI is InChI=1S/C58H98O6/c1-4-7-10-13-16-19-21-23-25-27-29-31-32-34-36-39-42-45-48-51-57(60)63-54-55(53-62-56(59)50-47-44-41-38-18-15-12-9-6-3)64-58(61)52-49-46-43-40-37-35-33-30-28-26-24-22-20-17-14-11-8-5-2/h7,10,16,19,23,25,29-31,33-34,36,42,45,55H,4-6,8-9,11-15,17-18,20-22,24,26-28,32,35,37-41,43-44,46-54H2,1-3H3/b10-7-,19-16-,25-23-,31-29-,33-30-,36-34-,45-42-. The molecule has 0 aromatic rings. The van der Waals surface area contributed by atoms with Gasteiger partial charge in [0.15, 0.2) is 6.10 Å². The number of rotatable bonds is 47. The summed E-state index contributed by atoms with van der Waals surface area (Å²) >= 11 is 0. The second-order valence-electron chi connectivity index (χ2n) is 17.4. The predicted molar refractivity (Wildman–Crippen MR) is 274 cm³/mol. The molecule has 0 aromatic heterocycles. The average Bonchev–Trinajstić information content (AvgIpc) is 3.29. The van der Waals surface area contributed by atoms with Crippen LogP contribution in [0.25, 0.3) is 0 Å². The summed E-state index contributed by atoms with van der Waals surface area (Å²) in [6.45, 7) is 6.43. The van der Waals surface area contributed by atoms with Gasteiger partial charge in [-0.15, -0.1) is 0 Å². The van der Waals surface area contributed by atoms with Crippen LogP contribution in [0, 0.1) is 0 Å². The molecule has 1 atom stereocenters. The quantitative estimate of drug-likeness (QED) is 0.0262. The summed E-state index contributed by atoms with van der Waals surface area (Å²) in [6.07, 6.45) is 67.3. The maximum atomic E-state index is 12.8. The van der Waals surface area contributed by atoms with E-state index in [-0.39, 0.29) is 37.5 Å². The molecule has 0 aliphatic heterocycles. The van der Waals surface area contributed by atoms with Gasteiger partial charge in [-0.1, -0.05) is 228 Å². The molecule has 0 fully saturated rings. The highest BCUT2D eigenvalue weighted by Crippen LogP contribution is 2.14. The van der Waals surface area contributed by atoms with Gasteiger partial charge >= 0.3 is 17.9 Å². The third-order valence-electron chi connectivity index (χ3n) is 11.1. The molecule has 0 saturated carbocycles. The highest BCUT2D eigenvalue weighted by molar-refractivity contribution is 5.71. The van der Waals surface area contributed by atoms with E-state index in [9.17, 15) is 14.4 Å². The van der Waals surface area contributed by atoms with E-state index in [0.29, 0.717) is 19.3 Å². The highest BCUT2D eigenvalue weighted by Gasteiger charge is 2.19. The monoisotopic (exact) mass is 891 g/mol. The van der Waals surface area contributed by atoms with Crippen molar-refractivity contribution in [2.24, 2.45) is 0 Å². The van der Waals surface area contributed by atoms with E-state index in [4.69, 9.17) is 14.2 Å². The summed E-state index contributed by atoms with van der Waals surface area (Å²) in [6, 6.07) is 0. The van der Waals surface area contributed by atoms with Crippen LogP contribution in [0.4, 0.5) is 0 Å². The van der Waals surface area contributed by atoms with Gasteiger partial charge in [0.05, 0.1) is 0 Å². The SMILES string of the molecule is CC/C=C\C/C=C\C/C=C\C/C=C\C/C=C\C/C=C\CCC(=O)OCC(COC(=O)CCCCCCCCCCC)OC(=O)CCCCCCC/C=C\CCCCCCCCCCC. The van der Waals surface area contributed by atoms with Gasteiger partial charge < -0.3 is 14.2 Å². The van der Waals surface area contributed by atoms with Crippen molar-refractivity contribution in [3.05, 3.63) is 85.1 Å². The van der Waals surface area contributed by atoms with Crippen LogP contribution in [0.15, 0.2) is 85.1 Å². The van der Waals surface area contributed by atoms with Gasteiger partial charge in [-0.2, -0.15) is 0 Å². The van der Waals surface area contributed by atoms with Gasteiger partial charge in [-0.25, -0.2) is 0 Å². The molecule has 0 heterocycles. The normalized spacial score (nSPS) is 12.7. The third-order valence-corrected chi connectivity index (χ3v) is 11.1. The minimum absolute atomic E-state index is 0.102. The van der Waals surface area contributed by atoms with Crippen LogP contribution in [0.5, 0.6) is 0 Å². The summed E-state index contributed by atoms with van der Waals surface area (Å²) in [5, 5.41) is 0. The Morgan fingerprint density at radius 3 is 1.05 bits per heavy atom. The van der Waals surface area contributed by atoms with Crippen LogP contribution in [-0.2, 0) is 28.6 Å². The Morgan fingerprint density at radius 1 is 0.328 bits per heavy atom. The molecule has 0 aliphatic carbocycles. The van der Waals surface area contributed by atoms with Gasteiger partial charge in [0.2, 0.25) is 0 Å². The molecule has 366 valence electrons. The maximum Gasteiger partial charge on any atom is 0.306 e. The Bertz CT molecular complexity index is 1250. The van der Waals surface area contributed by atoms with E-state index in [1.807, 2.05) is 6.08 Å². The van der Waals surface area contributed by atoms with Crippen LogP contribution in [0.3, 0.4) is 0 Å². The number of esters is 3. The van der Waals surface area contributed by atoms with Crippen LogP contribution >= 0.6 is 0 Å². The van der Waals surface area contributed by atoms with Crippen molar-refractivity contribution in [3.8, 4) is 0 Å². The lowest BCUT2D eigenvalue weighted by Gasteiger charge is -2.18. The number of ether oxygens (including phenoxy) is 3. The molecule has 0 spiro atoms. The lowest BCUT2D eigenvalue weighted by Crippen LogP contribution is -2.30. The first-order valence-electron chi connectivity index (χ1n) is 26.6. The van der Waals surface area contributed by atoms with E-state index in [1.54, 1.807) is 0 Å². The van der Waals surface area contributed by atoms with Crippen molar-refractivity contribution in [1.29, 1.82) is 0 Å². The minimum atomic E-state index is -0.809. The Hall–Kier alpha value is -3.41. The molecule has 0 aliphatic rings. The van der Waals surface area contributed by atoms with Crippen molar-refractivity contribution < 1.29 is 28.6 Å². The van der Waals surface area contributed by atoms with Crippen molar-refractivity contribution in [1.82, 2.24) is 0 Å². The molecule has 0 aromatic carbocycles. The van der Waals surface area contributed by atoms with Crippen LogP contribution < -0.4 is 0 Å². The van der Waals surface area contributed by atoms with Crippen LogP contribution in [-0.4, -0.2) is 37.2 Å². The lowest BCUT2D eigenvalue weighted by atomic mass is 10.1. The number of allylic oxidation sites excluding steroid dienone is 14. The number of carbonyl (C=O) groups excluding carboxylic acids is 3. The fraction of sp³-hybridized carbons (Fsp3) is 0.707. The van der Waals surface area contributed by atoms with Crippen molar-refractivity contribution in [2.45, 2.75) is 252 Å². The molecule has 1 unspecified atom stereocenters. The number of unbranched alkanes of at least 4 members (excludes halogenated alkanes) is 22. The Labute approximate surface area is 395 Å². The van der Waals surface area contributed by atoms with E-state index in [1.165, 1.54) is 109 Å². The first-order valence-corrected chi connectivity index (χ1v) is 26.6. The fourth-order valence-electron chi connectivity index (χ4n) is 7.17. The maximum absolute atomic E-state index is 12.8. The van der Waals surface area contributed by atoms with Crippen molar-refractivity contribution in [3.63, 3.8) is 0 Å². The van der Waals surface area contributed by atoms with Crippen LogP contribution in [0.1, 0.15) is 245 Å². The van der Waals surface area contributed by atoms with Gasteiger partial charge in [0, 0.05) is 19.3 Å². The lowest BCUT2D eigenvalue weighted by molar-refractivity contribution is -0.166. The van der Waals surface area contributed by atoms with E-state index < -0.39 is 6.10 Å². The van der Waals surface area contributed by atoms with Gasteiger partial charge in [-0.05, 0) is 83.5 Å². The Kier molecular flexibility index (Phi) is 49.4. The summed E-state index contributed by atoms with van der Waals surface area (Å²) in [7, 11) is 0. The molecule has 6 heteroatoms. The molecular weight excluding hydrogens is 793 g/mol. The molecule has 0 radical (unpaired) electrons. The molecule has 0 rings (SSSR count). The summed E-state index contributed by atoms with van der Waals surface area (Å²) in [5.41, 5.74) is 0. The van der Waals surface area contributed by atoms with Crippen LogP contribution in [0.2, 0.25) is 0 Å². The van der Waals surface area contributed by atoms with E-state index in [0.717, 1.165) is 89.9 Å². The Balaban J connectivity index is 4.44. The second-order valence-corrected chi connectivity index (χ2v) is 17.4. The average molecular weight is 891 g/mol. The molecular formula is C58H98O6. The van der Waals surface area contributed by atoms with Crippen molar-refractivity contribution >= 4 is 17.9 Å². The zero-order valence-corrected chi connectivity index (χ0v) is 41.8. The number of carbonyl (C=O) groups is 3. The number of hydrogen-bond donors (Lipinski definition) is 0. The zero-order valence-electron chi connectivity index (χ0n) is 41.8. The zero-order chi connectivity index (χ0) is 46.5. The summed E-state index contributed by atoms with van der Waals surface area (Å²) in [5.74, 6) is -1.00. The molecule has 0 N–H and O–H groups in total. The number of hydrogen-bond acceptors (Lipinski definition) is 6. The van der Waals surface area contributed by atoms with E-state index in [2.05, 4.69) is 99.8 Å². The van der Waals surface area contributed by atoms with E-state index >= 15 is 0 Å². The minimum Gasteiger partial charge on any atom is -0.462 e. The topological polar surface area (TPSA) is 78.9 Å². The fourth-order valence-corrected chi connectivity index (χ4v) is 7.17. The van der Waals surface area contributed by atoms with Gasteiger partial charge in [-0.3, -0.25) is 14.4 Å². The molecule has 0 saturated heterocycles. The van der Waals surface area contributed by atoms with Gasteiger partial charge in [0.25, 0.3) is 0 Å². The van der Waals surface area contributed by atoms with Gasteiger partial charge in [0.1, 0.15) is 13.2 Å². The molecule has 0 amide bonds. The predicted octanol–water partition coefficient (Wildman–Crippen LogP) is 17.6. The molecule has 6 nitrogen and oxygen atoms in total. The third kappa shape index (κ3) is 49.6.